The average Bonchev–Trinajstić information content (AvgIpc) is 3.33. The summed E-state index contributed by atoms with van der Waals surface area (Å²) in [7, 11) is 1.25. The number of benzene rings is 3. The average molecular weight is 565 g/mol. The second-order valence-corrected chi connectivity index (χ2v) is 9.83. The van der Waals surface area contributed by atoms with Crippen LogP contribution in [0.4, 0.5) is 15.3 Å². The summed E-state index contributed by atoms with van der Waals surface area (Å²) in [4.78, 5) is 29.8. The molecule has 5 rings (SSSR count). The molecule has 2 heterocycles. The molecular formula is C29H29ClN4O6. The molecular weight excluding hydrogens is 536 g/mol. The number of aromatic amines is 1. The van der Waals surface area contributed by atoms with Crippen molar-refractivity contribution in [1.82, 2.24) is 15.2 Å². The van der Waals surface area contributed by atoms with Crippen LogP contribution < -0.4 is 20.5 Å². The molecule has 40 heavy (non-hydrogen) atoms. The molecule has 208 valence electrons. The van der Waals surface area contributed by atoms with E-state index in [-0.39, 0.29) is 13.2 Å². The number of methoxy groups -OCH3 is 1. The third-order valence-electron chi connectivity index (χ3n) is 6.71. The van der Waals surface area contributed by atoms with Gasteiger partial charge in [0.2, 0.25) is 0 Å². The summed E-state index contributed by atoms with van der Waals surface area (Å²) in [6.45, 7) is 0.396. The van der Waals surface area contributed by atoms with Gasteiger partial charge >= 0.3 is 12.2 Å². The van der Waals surface area contributed by atoms with Gasteiger partial charge in [0.1, 0.15) is 30.3 Å². The molecule has 2 atom stereocenters. The summed E-state index contributed by atoms with van der Waals surface area (Å²) in [5, 5.41) is 14.2. The molecule has 1 aromatic heterocycles. The summed E-state index contributed by atoms with van der Waals surface area (Å²) in [5.41, 5.74) is 10.1. The Labute approximate surface area is 235 Å². The van der Waals surface area contributed by atoms with Gasteiger partial charge < -0.3 is 35.4 Å². The van der Waals surface area contributed by atoms with Crippen LogP contribution in [0.5, 0.6) is 11.5 Å². The second-order valence-electron chi connectivity index (χ2n) is 9.40. The molecule has 0 saturated carbocycles. The van der Waals surface area contributed by atoms with Crippen molar-refractivity contribution in [1.29, 1.82) is 0 Å². The topological polar surface area (TPSA) is 139 Å². The number of nitrogen functional groups attached to an aromatic ring is 1. The zero-order valence-corrected chi connectivity index (χ0v) is 22.5. The van der Waals surface area contributed by atoms with Gasteiger partial charge in [-0.15, -0.1) is 0 Å². The van der Waals surface area contributed by atoms with Crippen molar-refractivity contribution in [2.45, 2.75) is 18.6 Å². The van der Waals surface area contributed by atoms with Crippen LogP contribution in [0, 0.1) is 0 Å². The molecule has 0 spiro atoms. The maximum atomic E-state index is 13.4. The van der Waals surface area contributed by atoms with Crippen molar-refractivity contribution in [2.75, 3.05) is 32.5 Å². The van der Waals surface area contributed by atoms with Crippen LogP contribution in [0.15, 0.2) is 66.7 Å². The maximum absolute atomic E-state index is 13.4. The number of nitrogens with one attached hydrogen (secondary N) is 2. The first-order valence-electron chi connectivity index (χ1n) is 12.7. The molecule has 11 heteroatoms. The van der Waals surface area contributed by atoms with E-state index in [1.54, 1.807) is 41.3 Å². The molecule has 1 aliphatic heterocycles. The van der Waals surface area contributed by atoms with Crippen LogP contribution >= 0.6 is 11.6 Å². The Kier molecular flexibility index (Phi) is 7.99. The zero-order valence-electron chi connectivity index (χ0n) is 21.7. The van der Waals surface area contributed by atoms with E-state index >= 15 is 0 Å². The van der Waals surface area contributed by atoms with E-state index in [1.165, 1.54) is 7.11 Å². The summed E-state index contributed by atoms with van der Waals surface area (Å²) in [6, 6.07) is 19.2. The van der Waals surface area contributed by atoms with Crippen LogP contribution in [0.2, 0.25) is 5.02 Å². The van der Waals surface area contributed by atoms with E-state index in [2.05, 4.69) is 15.0 Å². The lowest BCUT2D eigenvalue weighted by atomic mass is 9.92. The number of nitrogens with two attached hydrogens (primary N) is 1. The van der Waals surface area contributed by atoms with Crippen molar-refractivity contribution >= 4 is 40.4 Å². The first-order chi connectivity index (χ1) is 19.3. The Bertz CT molecular complexity index is 1510. The number of ether oxygens (including phenoxy) is 3. The molecule has 4 aromatic rings. The molecule has 1 aliphatic rings. The minimum atomic E-state index is -0.920. The number of aliphatic hydroxyl groups is 1. The van der Waals surface area contributed by atoms with Crippen molar-refractivity contribution < 1.29 is 28.9 Å². The number of anilines is 1. The number of aliphatic hydroxyl groups excluding tert-OH is 1. The first kappa shape index (κ1) is 27.2. The molecule has 2 unspecified atom stereocenters. The summed E-state index contributed by atoms with van der Waals surface area (Å²) < 4.78 is 15.9. The van der Waals surface area contributed by atoms with E-state index in [0.29, 0.717) is 35.2 Å². The van der Waals surface area contributed by atoms with Crippen molar-refractivity contribution in [2.24, 2.45) is 0 Å². The molecule has 0 radical (unpaired) electrons. The van der Waals surface area contributed by atoms with Gasteiger partial charge in [-0.05, 0) is 72.1 Å². The second kappa shape index (κ2) is 11.8. The molecule has 5 N–H and O–H groups in total. The highest BCUT2D eigenvalue weighted by Crippen LogP contribution is 2.40. The van der Waals surface area contributed by atoms with Crippen LogP contribution in [-0.2, 0) is 11.2 Å². The number of carbonyl (C=O) groups is 2. The number of carbonyl (C=O) groups excluding carboxylic acids is 2. The summed E-state index contributed by atoms with van der Waals surface area (Å²) in [5.74, 6) is 0.924. The molecule has 0 aliphatic carbocycles. The van der Waals surface area contributed by atoms with E-state index < -0.39 is 24.3 Å². The number of halogens is 1. The van der Waals surface area contributed by atoms with Crippen molar-refractivity contribution in [3.05, 3.63) is 88.6 Å². The van der Waals surface area contributed by atoms with E-state index in [0.717, 1.165) is 27.7 Å². The van der Waals surface area contributed by atoms with Crippen LogP contribution in [0.3, 0.4) is 0 Å². The fourth-order valence-corrected chi connectivity index (χ4v) is 4.94. The first-order valence-corrected chi connectivity index (χ1v) is 13.1. The van der Waals surface area contributed by atoms with Crippen LogP contribution in [-0.4, -0.2) is 60.1 Å². The van der Waals surface area contributed by atoms with Gasteiger partial charge in [-0.25, -0.2) is 9.59 Å². The zero-order chi connectivity index (χ0) is 28.2. The predicted octanol–water partition coefficient (Wildman–Crippen LogP) is 4.65. The van der Waals surface area contributed by atoms with Crippen LogP contribution in [0.25, 0.3) is 10.9 Å². The molecule has 0 fully saturated rings. The molecule has 10 nitrogen and oxygen atoms in total. The molecule has 0 saturated heterocycles. The highest BCUT2D eigenvalue weighted by molar-refractivity contribution is 6.31. The maximum Gasteiger partial charge on any atom is 0.416 e. The Morgan fingerprint density at radius 1 is 1.12 bits per heavy atom. The number of H-pyrrole nitrogens is 1. The molecule has 0 bridgehead atoms. The SMILES string of the molecule is COC(=O)NCC(O)COc1ccc(C2c3[nH]c4ccc(Cl)cc4c3CCN2C(=O)Oc2ccc(N)cc2)cc1. The number of hydrogen-bond acceptors (Lipinski definition) is 7. The number of nitrogens with zero attached hydrogens (tertiary/aromatic N) is 1. The van der Waals surface area contributed by atoms with Crippen molar-refractivity contribution in [3.63, 3.8) is 0 Å². The smallest absolute Gasteiger partial charge is 0.416 e. The lowest BCUT2D eigenvalue weighted by Crippen LogP contribution is -2.42. The lowest BCUT2D eigenvalue weighted by Gasteiger charge is -2.35. The number of rotatable bonds is 7. The largest absolute Gasteiger partial charge is 0.491 e. The lowest BCUT2D eigenvalue weighted by molar-refractivity contribution is 0.102. The van der Waals surface area contributed by atoms with E-state index in [9.17, 15) is 14.7 Å². The van der Waals surface area contributed by atoms with E-state index in [4.69, 9.17) is 26.8 Å². The number of aromatic nitrogens is 1. The van der Waals surface area contributed by atoms with Gasteiger partial charge in [-0.3, -0.25) is 4.90 Å². The highest BCUT2D eigenvalue weighted by atomic mass is 35.5. The number of alkyl carbamates (subject to hydrolysis) is 1. The van der Waals surface area contributed by atoms with Gasteiger partial charge in [0, 0.05) is 33.9 Å². The van der Waals surface area contributed by atoms with Crippen LogP contribution in [0.1, 0.15) is 22.9 Å². The standard InChI is InChI=1S/C29H29ClN4O6/c1-38-28(36)32-15-20(35)16-39-21-7-2-17(3-8-21)27-26-23(24-14-18(30)4-11-25(24)33-26)12-13-34(27)29(37)40-22-9-5-19(31)6-10-22/h2-11,14,20,27,33,35H,12-13,15-16,31H2,1H3,(H,32,36). The van der Waals surface area contributed by atoms with Gasteiger partial charge in [0.25, 0.3) is 0 Å². The van der Waals surface area contributed by atoms with Gasteiger partial charge in [0.15, 0.2) is 0 Å². The number of fused-ring (bicyclic) bond motifs is 3. The Morgan fingerprint density at radius 3 is 2.58 bits per heavy atom. The van der Waals surface area contributed by atoms with Gasteiger partial charge in [-0.1, -0.05) is 23.7 Å². The summed E-state index contributed by atoms with van der Waals surface area (Å²) >= 11 is 6.30. The summed E-state index contributed by atoms with van der Waals surface area (Å²) in [6.07, 6.45) is -1.41. The minimum absolute atomic E-state index is 0.00884. The minimum Gasteiger partial charge on any atom is -0.491 e. The Balaban J connectivity index is 1.40. The third kappa shape index (κ3) is 5.93. The normalized spacial score (nSPS) is 15.3. The quantitative estimate of drug-likeness (QED) is 0.240. The number of amides is 2. The highest BCUT2D eigenvalue weighted by Gasteiger charge is 2.35. The monoisotopic (exact) mass is 564 g/mol. The fourth-order valence-electron chi connectivity index (χ4n) is 4.77. The Hall–Kier alpha value is -4.41. The van der Waals surface area contributed by atoms with Gasteiger partial charge in [0.05, 0.1) is 13.7 Å². The van der Waals surface area contributed by atoms with E-state index in [1.807, 2.05) is 30.3 Å². The van der Waals surface area contributed by atoms with Crippen molar-refractivity contribution in [3.8, 4) is 11.5 Å². The number of hydrogen-bond donors (Lipinski definition) is 4. The van der Waals surface area contributed by atoms with Gasteiger partial charge in [-0.2, -0.15) is 0 Å². The molecule has 3 aromatic carbocycles. The Morgan fingerprint density at radius 2 is 1.85 bits per heavy atom. The predicted molar refractivity (Wildman–Crippen MR) is 151 cm³/mol. The fraction of sp³-hybridized carbons (Fsp3) is 0.241. The molecule has 2 amide bonds. The third-order valence-corrected chi connectivity index (χ3v) is 6.95.